The number of nitrogens with one attached hydrogen (secondary N) is 1. The second-order valence-electron chi connectivity index (χ2n) is 7.46. The van der Waals surface area contributed by atoms with E-state index in [-0.39, 0.29) is 11.8 Å². The Balaban J connectivity index is 1.47. The van der Waals surface area contributed by atoms with E-state index in [0.29, 0.717) is 17.6 Å². The van der Waals surface area contributed by atoms with Crippen LogP contribution in [0.3, 0.4) is 0 Å². The number of hydrogen-bond acceptors (Lipinski definition) is 3. The Morgan fingerprint density at radius 3 is 2.56 bits per heavy atom. The predicted molar refractivity (Wildman–Crippen MR) is 98.3 cm³/mol. The third kappa shape index (κ3) is 3.87. The molecule has 27 heavy (non-hydrogen) atoms. The van der Waals surface area contributed by atoms with Gasteiger partial charge in [-0.25, -0.2) is 8.78 Å². The number of benzene rings is 2. The third-order valence-corrected chi connectivity index (χ3v) is 5.59. The Bertz CT molecular complexity index is 844. The number of halogens is 2. The molecule has 3 atom stereocenters. The Labute approximate surface area is 156 Å². The van der Waals surface area contributed by atoms with Gasteiger partial charge in [-0.3, -0.25) is 9.69 Å². The molecule has 2 aromatic rings. The molecule has 0 aliphatic carbocycles. The molecule has 0 aromatic heterocycles. The first-order chi connectivity index (χ1) is 13.0. The number of aliphatic hydroxyl groups excluding tert-OH is 1. The van der Waals surface area contributed by atoms with Crippen molar-refractivity contribution in [3.05, 3.63) is 65.2 Å². The molecule has 2 aromatic carbocycles. The van der Waals surface area contributed by atoms with Crippen LogP contribution in [-0.2, 0) is 6.54 Å². The predicted octanol–water partition coefficient (Wildman–Crippen LogP) is 3.70. The zero-order chi connectivity index (χ0) is 19.0. The van der Waals surface area contributed by atoms with Gasteiger partial charge in [0.15, 0.2) is 0 Å². The smallest absolute Gasteiger partial charge is 0.255 e. The minimum absolute atomic E-state index is 0.0464. The lowest BCUT2D eigenvalue weighted by molar-refractivity contribution is 0.0310. The standard InChI is InChI=1S/C21H22F2N2O2/c22-15-4-7-20(19(23)9-15)24-21(27)14-3-1-2-13(8-14)12-25-16-5-6-17(25)11-18(26)10-16/h1-4,7-9,16-18,26H,5-6,10-12H2,(H,24,27)/t16-,17+,18?. The van der Waals surface area contributed by atoms with Gasteiger partial charge in [-0.1, -0.05) is 12.1 Å². The maximum absolute atomic E-state index is 13.8. The summed E-state index contributed by atoms with van der Waals surface area (Å²) in [5.74, 6) is -1.92. The van der Waals surface area contributed by atoms with Gasteiger partial charge in [0.25, 0.3) is 5.91 Å². The Morgan fingerprint density at radius 2 is 1.85 bits per heavy atom. The number of aliphatic hydroxyl groups is 1. The Kier molecular flexibility index (Phi) is 4.93. The van der Waals surface area contributed by atoms with Crippen LogP contribution >= 0.6 is 0 Å². The molecule has 1 unspecified atom stereocenters. The molecular formula is C21H22F2N2O2. The molecule has 4 rings (SSSR count). The lowest BCUT2D eigenvalue weighted by Gasteiger charge is -2.37. The topological polar surface area (TPSA) is 52.6 Å². The van der Waals surface area contributed by atoms with E-state index >= 15 is 0 Å². The van der Waals surface area contributed by atoms with Crippen LogP contribution < -0.4 is 5.32 Å². The highest BCUT2D eigenvalue weighted by Gasteiger charge is 2.39. The number of nitrogens with zero attached hydrogens (tertiary/aromatic N) is 1. The molecule has 0 radical (unpaired) electrons. The van der Waals surface area contributed by atoms with Crippen LogP contribution in [0.15, 0.2) is 42.5 Å². The number of carbonyl (C=O) groups is 1. The van der Waals surface area contributed by atoms with Gasteiger partial charge in [-0.15, -0.1) is 0 Å². The van der Waals surface area contributed by atoms with Crippen molar-refractivity contribution in [1.29, 1.82) is 0 Å². The Morgan fingerprint density at radius 1 is 1.11 bits per heavy atom. The van der Waals surface area contributed by atoms with Crippen LogP contribution in [0.2, 0.25) is 0 Å². The molecule has 0 spiro atoms. The van der Waals surface area contributed by atoms with E-state index in [2.05, 4.69) is 10.2 Å². The summed E-state index contributed by atoms with van der Waals surface area (Å²) in [4.78, 5) is 14.9. The number of fused-ring (bicyclic) bond motifs is 2. The van der Waals surface area contributed by atoms with E-state index in [9.17, 15) is 18.7 Å². The van der Waals surface area contributed by atoms with Gasteiger partial charge in [0.1, 0.15) is 11.6 Å². The maximum Gasteiger partial charge on any atom is 0.255 e. The number of carbonyl (C=O) groups excluding carboxylic acids is 1. The molecule has 4 nitrogen and oxygen atoms in total. The SMILES string of the molecule is O=C(Nc1ccc(F)cc1F)c1cccc(CN2[C@@H]3CC[C@H]2CC(O)C3)c1. The summed E-state index contributed by atoms with van der Waals surface area (Å²) < 4.78 is 26.8. The monoisotopic (exact) mass is 372 g/mol. The summed E-state index contributed by atoms with van der Waals surface area (Å²) in [6.07, 6.45) is 3.61. The molecule has 2 heterocycles. The fourth-order valence-corrected chi connectivity index (χ4v) is 4.31. The molecule has 2 saturated heterocycles. The van der Waals surface area contributed by atoms with E-state index in [1.165, 1.54) is 6.07 Å². The van der Waals surface area contributed by atoms with E-state index in [0.717, 1.165) is 49.9 Å². The summed E-state index contributed by atoms with van der Waals surface area (Å²) in [5.41, 5.74) is 1.39. The highest BCUT2D eigenvalue weighted by atomic mass is 19.1. The second-order valence-corrected chi connectivity index (χ2v) is 7.46. The average molecular weight is 372 g/mol. The van der Waals surface area contributed by atoms with Crippen molar-refractivity contribution in [3.8, 4) is 0 Å². The van der Waals surface area contributed by atoms with Gasteiger partial charge in [0.05, 0.1) is 11.8 Å². The summed E-state index contributed by atoms with van der Waals surface area (Å²) in [5, 5.41) is 12.4. The van der Waals surface area contributed by atoms with Gasteiger partial charge in [-0.05, 0) is 55.5 Å². The summed E-state index contributed by atoms with van der Waals surface area (Å²) >= 11 is 0. The van der Waals surface area contributed by atoms with Crippen molar-refractivity contribution in [2.45, 2.75) is 50.4 Å². The fourth-order valence-electron chi connectivity index (χ4n) is 4.31. The molecule has 2 bridgehead atoms. The quantitative estimate of drug-likeness (QED) is 0.860. The third-order valence-electron chi connectivity index (χ3n) is 5.59. The minimum Gasteiger partial charge on any atom is -0.393 e. The first-order valence-electron chi connectivity index (χ1n) is 9.29. The first kappa shape index (κ1) is 18.1. The number of piperidine rings is 1. The van der Waals surface area contributed by atoms with Crippen molar-refractivity contribution in [2.75, 3.05) is 5.32 Å². The maximum atomic E-state index is 13.8. The number of hydrogen-bond donors (Lipinski definition) is 2. The van der Waals surface area contributed by atoms with Gasteiger partial charge >= 0.3 is 0 Å². The summed E-state index contributed by atoms with van der Waals surface area (Å²) in [6.45, 7) is 0.730. The van der Waals surface area contributed by atoms with Crippen LogP contribution in [0.4, 0.5) is 14.5 Å². The lowest BCUT2D eigenvalue weighted by Crippen LogP contribution is -2.44. The molecule has 6 heteroatoms. The largest absolute Gasteiger partial charge is 0.393 e. The van der Waals surface area contributed by atoms with Gasteiger partial charge < -0.3 is 10.4 Å². The van der Waals surface area contributed by atoms with Crippen LogP contribution in [0, 0.1) is 11.6 Å². The summed E-state index contributed by atoms with van der Waals surface area (Å²) in [6, 6.07) is 11.1. The fraction of sp³-hybridized carbons (Fsp3) is 0.381. The van der Waals surface area contributed by atoms with Gasteiger partial charge in [0, 0.05) is 30.3 Å². The molecule has 2 aliphatic heterocycles. The molecular weight excluding hydrogens is 350 g/mol. The highest BCUT2D eigenvalue weighted by Crippen LogP contribution is 2.36. The summed E-state index contributed by atoms with van der Waals surface area (Å²) in [7, 11) is 0. The van der Waals surface area contributed by atoms with Crippen molar-refractivity contribution in [3.63, 3.8) is 0 Å². The van der Waals surface area contributed by atoms with Crippen molar-refractivity contribution in [2.24, 2.45) is 0 Å². The normalized spacial score (nSPS) is 24.8. The van der Waals surface area contributed by atoms with Crippen molar-refractivity contribution < 1.29 is 18.7 Å². The number of rotatable bonds is 4. The molecule has 142 valence electrons. The average Bonchev–Trinajstić information content (AvgIpc) is 2.87. The molecule has 2 fully saturated rings. The van der Waals surface area contributed by atoms with Crippen molar-refractivity contribution in [1.82, 2.24) is 4.90 Å². The molecule has 1 amide bonds. The molecule has 0 saturated carbocycles. The van der Waals surface area contributed by atoms with Crippen LogP contribution in [0.25, 0.3) is 0 Å². The first-order valence-corrected chi connectivity index (χ1v) is 9.29. The van der Waals surface area contributed by atoms with Crippen LogP contribution in [0.5, 0.6) is 0 Å². The van der Waals surface area contributed by atoms with E-state index in [4.69, 9.17) is 0 Å². The van der Waals surface area contributed by atoms with Gasteiger partial charge in [-0.2, -0.15) is 0 Å². The zero-order valence-corrected chi connectivity index (χ0v) is 14.9. The van der Waals surface area contributed by atoms with Crippen LogP contribution in [-0.4, -0.2) is 34.1 Å². The van der Waals surface area contributed by atoms with Crippen molar-refractivity contribution >= 4 is 11.6 Å². The Hall–Kier alpha value is -2.31. The molecule has 2 aliphatic rings. The second kappa shape index (κ2) is 7.37. The lowest BCUT2D eigenvalue weighted by atomic mass is 9.98. The van der Waals surface area contributed by atoms with Gasteiger partial charge in [0.2, 0.25) is 0 Å². The number of anilines is 1. The number of amides is 1. The van der Waals surface area contributed by atoms with Crippen LogP contribution in [0.1, 0.15) is 41.6 Å². The van der Waals surface area contributed by atoms with E-state index in [1.54, 1.807) is 12.1 Å². The minimum atomic E-state index is -0.803. The van der Waals surface area contributed by atoms with E-state index < -0.39 is 17.5 Å². The molecule has 2 N–H and O–H groups in total. The highest BCUT2D eigenvalue weighted by molar-refractivity contribution is 6.04. The zero-order valence-electron chi connectivity index (χ0n) is 14.9. The van der Waals surface area contributed by atoms with E-state index in [1.807, 2.05) is 12.1 Å².